The molecule has 0 aliphatic heterocycles. The van der Waals surface area contributed by atoms with E-state index in [1.54, 1.807) is 20.8 Å². The molecule has 33 heavy (non-hydrogen) atoms. The van der Waals surface area contributed by atoms with Crippen LogP contribution in [0.15, 0.2) is 24.3 Å². The second-order valence-electron chi connectivity index (χ2n) is 8.24. The quantitative estimate of drug-likeness (QED) is 0.340. The van der Waals surface area contributed by atoms with Crippen molar-refractivity contribution in [2.75, 3.05) is 26.0 Å². The highest BCUT2D eigenvalue weighted by Crippen LogP contribution is 2.14. The predicted octanol–water partition coefficient (Wildman–Crippen LogP) is 0.888. The van der Waals surface area contributed by atoms with Crippen LogP contribution in [0.5, 0.6) is 0 Å². The fourth-order valence-corrected chi connectivity index (χ4v) is 3.48. The molecule has 0 bridgehead atoms. The normalized spacial score (nSPS) is 12.8. The lowest BCUT2D eigenvalue weighted by molar-refractivity contribution is -0.146. The maximum Gasteiger partial charge on any atom is 0.408 e. The van der Waals surface area contributed by atoms with Crippen molar-refractivity contribution in [3.63, 3.8) is 0 Å². The van der Waals surface area contributed by atoms with Gasteiger partial charge in [-0.2, -0.15) is 11.8 Å². The number of aliphatic hydroxyl groups excluding tert-OH is 1. The number of thioether (sulfide) groups is 1. The Morgan fingerprint density at radius 1 is 1.06 bits per heavy atom. The zero-order chi connectivity index (χ0) is 25.0. The van der Waals surface area contributed by atoms with E-state index < -0.39 is 54.7 Å². The number of hydrogen-bond donors (Lipinski definition) is 4. The Hall–Kier alpha value is -2.79. The van der Waals surface area contributed by atoms with Gasteiger partial charge in [0, 0.05) is 11.5 Å². The summed E-state index contributed by atoms with van der Waals surface area (Å²) in [4.78, 5) is 48.5. The van der Waals surface area contributed by atoms with E-state index in [9.17, 15) is 24.3 Å². The highest BCUT2D eigenvalue weighted by Gasteiger charge is 2.27. The number of amides is 3. The second kappa shape index (κ2) is 13.7. The SMILES string of the molecule is COC(=O)[C@H](CO)NC(=O)[C@H](CSCc1ccc(C)cc1)NC(=O)CNC(=O)OC(C)(C)C. The van der Waals surface area contributed by atoms with Crippen LogP contribution >= 0.6 is 11.8 Å². The molecule has 0 radical (unpaired) electrons. The molecule has 0 saturated carbocycles. The molecule has 11 heteroatoms. The Bertz CT molecular complexity index is 809. The summed E-state index contributed by atoms with van der Waals surface area (Å²) in [6.07, 6.45) is -0.765. The van der Waals surface area contributed by atoms with Gasteiger partial charge in [0.15, 0.2) is 6.04 Å². The maximum absolute atomic E-state index is 12.7. The minimum atomic E-state index is -1.26. The van der Waals surface area contributed by atoms with Crippen molar-refractivity contribution < 1.29 is 33.8 Å². The summed E-state index contributed by atoms with van der Waals surface area (Å²) >= 11 is 1.41. The van der Waals surface area contributed by atoms with Crippen LogP contribution in [0.2, 0.25) is 0 Å². The number of nitrogens with one attached hydrogen (secondary N) is 3. The minimum absolute atomic E-state index is 0.192. The summed E-state index contributed by atoms with van der Waals surface area (Å²) in [6, 6.07) is 5.62. The first-order valence-corrected chi connectivity index (χ1v) is 11.5. The standard InChI is InChI=1S/C22H33N3O7S/c1-14-6-8-15(9-7-14)12-33-13-17(19(28)25-16(11-26)20(29)31-5)24-18(27)10-23-21(30)32-22(2,3)4/h6-9,16-17,26H,10-13H2,1-5H3,(H,23,30)(H,24,27)(H,25,28)/t16-,17-/m0/s1. The lowest BCUT2D eigenvalue weighted by Crippen LogP contribution is -2.55. The number of benzene rings is 1. The van der Waals surface area contributed by atoms with Crippen LogP contribution in [0.25, 0.3) is 0 Å². The summed E-state index contributed by atoms with van der Waals surface area (Å²) < 4.78 is 9.63. The molecule has 4 N–H and O–H groups in total. The van der Waals surface area contributed by atoms with Crippen LogP contribution in [0.4, 0.5) is 4.79 Å². The number of methoxy groups -OCH3 is 1. The predicted molar refractivity (Wildman–Crippen MR) is 125 cm³/mol. The molecule has 0 saturated heterocycles. The fraction of sp³-hybridized carbons (Fsp3) is 0.545. The number of alkyl carbamates (subject to hydrolysis) is 1. The van der Waals surface area contributed by atoms with E-state index >= 15 is 0 Å². The second-order valence-corrected chi connectivity index (χ2v) is 9.27. The lowest BCUT2D eigenvalue weighted by Gasteiger charge is -2.22. The molecule has 0 aliphatic rings. The number of esters is 1. The molecule has 10 nitrogen and oxygen atoms in total. The Kier molecular flexibility index (Phi) is 11.7. The van der Waals surface area contributed by atoms with E-state index in [0.717, 1.165) is 18.2 Å². The van der Waals surface area contributed by atoms with Crippen LogP contribution < -0.4 is 16.0 Å². The number of aliphatic hydroxyl groups is 1. The number of hydrogen-bond acceptors (Lipinski definition) is 8. The monoisotopic (exact) mass is 483 g/mol. The Labute approximate surface area is 198 Å². The van der Waals surface area contributed by atoms with Crippen LogP contribution in [0.3, 0.4) is 0 Å². The van der Waals surface area contributed by atoms with Crippen molar-refractivity contribution in [2.24, 2.45) is 0 Å². The van der Waals surface area contributed by atoms with E-state index in [4.69, 9.17) is 4.74 Å². The van der Waals surface area contributed by atoms with E-state index in [2.05, 4.69) is 20.7 Å². The first kappa shape index (κ1) is 28.2. The number of aryl methyl sites for hydroxylation is 1. The van der Waals surface area contributed by atoms with Gasteiger partial charge in [-0.05, 0) is 33.3 Å². The lowest BCUT2D eigenvalue weighted by atomic mass is 10.2. The first-order valence-electron chi connectivity index (χ1n) is 10.3. The van der Waals surface area contributed by atoms with Gasteiger partial charge in [-0.15, -0.1) is 0 Å². The van der Waals surface area contributed by atoms with Crippen LogP contribution in [-0.2, 0) is 29.6 Å². The van der Waals surface area contributed by atoms with Gasteiger partial charge in [0.05, 0.1) is 13.7 Å². The topological polar surface area (TPSA) is 143 Å². The third-order valence-corrected chi connectivity index (χ3v) is 5.21. The van der Waals surface area contributed by atoms with Crippen LogP contribution in [-0.4, -0.2) is 72.7 Å². The van der Waals surface area contributed by atoms with Crippen molar-refractivity contribution >= 4 is 35.6 Å². The number of rotatable bonds is 11. The smallest absolute Gasteiger partial charge is 0.408 e. The summed E-state index contributed by atoms with van der Waals surface area (Å²) in [5, 5.41) is 16.6. The zero-order valence-corrected chi connectivity index (χ0v) is 20.4. The number of carbonyl (C=O) groups is 4. The zero-order valence-electron chi connectivity index (χ0n) is 19.6. The van der Waals surface area contributed by atoms with E-state index in [1.165, 1.54) is 11.8 Å². The summed E-state index contributed by atoms with van der Waals surface area (Å²) in [6.45, 7) is 6.00. The summed E-state index contributed by atoms with van der Waals surface area (Å²) in [7, 11) is 1.14. The molecule has 0 spiro atoms. The van der Waals surface area contributed by atoms with Gasteiger partial charge in [0.25, 0.3) is 0 Å². The Morgan fingerprint density at radius 3 is 2.24 bits per heavy atom. The van der Waals surface area contributed by atoms with Crippen molar-refractivity contribution in [1.82, 2.24) is 16.0 Å². The van der Waals surface area contributed by atoms with Crippen molar-refractivity contribution in [3.05, 3.63) is 35.4 Å². The van der Waals surface area contributed by atoms with Gasteiger partial charge in [-0.3, -0.25) is 9.59 Å². The number of ether oxygens (including phenoxy) is 2. The third-order valence-electron chi connectivity index (χ3n) is 4.10. The third kappa shape index (κ3) is 11.6. The van der Waals surface area contributed by atoms with Gasteiger partial charge in [-0.1, -0.05) is 29.8 Å². The Balaban J connectivity index is 2.75. The molecular weight excluding hydrogens is 450 g/mol. The molecule has 1 aromatic carbocycles. The van der Waals surface area contributed by atoms with E-state index in [0.29, 0.717) is 5.75 Å². The molecule has 0 fully saturated rings. The average Bonchev–Trinajstić information content (AvgIpc) is 2.74. The highest BCUT2D eigenvalue weighted by molar-refractivity contribution is 7.98. The first-order chi connectivity index (χ1) is 15.4. The van der Waals surface area contributed by atoms with Gasteiger partial charge in [-0.25, -0.2) is 9.59 Å². The van der Waals surface area contributed by atoms with Crippen molar-refractivity contribution in [3.8, 4) is 0 Å². The largest absolute Gasteiger partial charge is 0.467 e. The van der Waals surface area contributed by atoms with Gasteiger partial charge in [0.2, 0.25) is 11.8 Å². The minimum Gasteiger partial charge on any atom is -0.467 e. The molecular formula is C22H33N3O7S. The van der Waals surface area contributed by atoms with Crippen molar-refractivity contribution in [2.45, 2.75) is 51.1 Å². The van der Waals surface area contributed by atoms with E-state index in [1.807, 2.05) is 31.2 Å². The molecule has 2 atom stereocenters. The van der Waals surface area contributed by atoms with Crippen LogP contribution in [0, 0.1) is 6.92 Å². The molecule has 0 aliphatic carbocycles. The molecule has 1 rings (SSSR count). The summed E-state index contributed by atoms with van der Waals surface area (Å²) in [5.74, 6) is -1.31. The number of carbonyl (C=O) groups excluding carboxylic acids is 4. The summed E-state index contributed by atoms with van der Waals surface area (Å²) in [5.41, 5.74) is 1.46. The Morgan fingerprint density at radius 2 is 1.70 bits per heavy atom. The van der Waals surface area contributed by atoms with E-state index in [-0.39, 0.29) is 5.75 Å². The highest BCUT2D eigenvalue weighted by atomic mass is 32.2. The van der Waals surface area contributed by atoms with Crippen LogP contribution in [0.1, 0.15) is 31.9 Å². The molecule has 1 aromatic rings. The molecule has 184 valence electrons. The fourth-order valence-electron chi connectivity index (χ4n) is 2.47. The molecule has 3 amide bonds. The molecule has 0 unspecified atom stereocenters. The van der Waals surface area contributed by atoms with Gasteiger partial charge in [0.1, 0.15) is 18.2 Å². The average molecular weight is 484 g/mol. The van der Waals surface area contributed by atoms with Crippen molar-refractivity contribution in [1.29, 1.82) is 0 Å². The molecule has 0 aromatic heterocycles. The van der Waals surface area contributed by atoms with Gasteiger partial charge >= 0.3 is 12.1 Å². The van der Waals surface area contributed by atoms with Gasteiger partial charge < -0.3 is 30.5 Å². The molecule has 0 heterocycles. The maximum atomic E-state index is 12.7.